The zero-order valence-corrected chi connectivity index (χ0v) is 15.1. The third kappa shape index (κ3) is 16.5. The molecule has 0 amide bonds. The predicted molar refractivity (Wildman–Crippen MR) is 102 cm³/mol. The normalized spacial score (nSPS) is 14.0. The Morgan fingerprint density at radius 2 is 1.75 bits per heavy atom. The topological polar surface area (TPSA) is 46.5 Å². The standard InChI is InChI=1S/C21H32O3/c1-3-4-5-6-7-8-9-11-14-17-20(22)18-15-12-10-13-16-19-21(23)24-2/h7-8,10-12,14-16,18-20,22H,3-6,9,13,17H2,1-2H3/b8-7-,12-10-,14-11-,18-15+,19-16-/t20-/m1/s1. The first-order valence-electron chi connectivity index (χ1n) is 8.76. The summed E-state index contributed by atoms with van der Waals surface area (Å²) < 4.78 is 4.49. The molecule has 1 atom stereocenters. The van der Waals surface area contributed by atoms with Crippen LogP contribution in [0.25, 0.3) is 0 Å². The van der Waals surface area contributed by atoms with E-state index in [9.17, 15) is 9.90 Å². The van der Waals surface area contributed by atoms with Crippen LogP contribution in [0.5, 0.6) is 0 Å². The molecule has 3 heteroatoms. The number of aliphatic hydroxyl groups excluding tert-OH is 1. The second kappa shape index (κ2) is 17.5. The molecule has 0 aromatic heterocycles. The lowest BCUT2D eigenvalue weighted by atomic mass is 10.2. The quantitative estimate of drug-likeness (QED) is 0.169. The first-order valence-corrected chi connectivity index (χ1v) is 8.76. The molecule has 0 aliphatic heterocycles. The van der Waals surface area contributed by atoms with E-state index in [1.165, 1.54) is 32.4 Å². The molecule has 0 bridgehead atoms. The van der Waals surface area contributed by atoms with Crippen LogP contribution >= 0.6 is 0 Å². The fraction of sp³-hybridized carbons (Fsp3) is 0.476. The number of esters is 1. The van der Waals surface area contributed by atoms with Crippen LogP contribution in [0, 0.1) is 0 Å². The number of hydrogen-bond acceptors (Lipinski definition) is 3. The van der Waals surface area contributed by atoms with Gasteiger partial charge < -0.3 is 9.84 Å². The fourth-order valence-corrected chi connectivity index (χ4v) is 1.88. The van der Waals surface area contributed by atoms with E-state index in [0.29, 0.717) is 12.8 Å². The van der Waals surface area contributed by atoms with Gasteiger partial charge in [-0.25, -0.2) is 4.79 Å². The highest BCUT2D eigenvalue weighted by Gasteiger charge is 1.92. The van der Waals surface area contributed by atoms with Gasteiger partial charge in [0, 0.05) is 6.08 Å². The lowest BCUT2D eigenvalue weighted by Crippen LogP contribution is -1.98. The molecule has 0 radical (unpaired) electrons. The Morgan fingerprint density at radius 3 is 2.50 bits per heavy atom. The summed E-state index contributed by atoms with van der Waals surface area (Å²) in [5.74, 6) is -0.350. The number of ether oxygens (including phenoxy) is 1. The molecule has 0 fully saturated rings. The summed E-state index contributed by atoms with van der Waals surface area (Å²) in [6.45, 7) is 2.21. The van der Waals surface area contributed by atoms with E-state index in [1.54, 1.807) is 12.2 Å². The van der Waals surface area contributed by atoms with Gasteiger partial charge in [-0.1, -0.05) is 74.4 Å². The molecule has 134 valence electrons. The van der Waals surface area contributed by atoms with Gasteiger partial charge in [0.15, 0.2) is 0 Å². The molecule has 0 saturated carbocycles. The van der Waals surface area contributed by atoms with Crippen molar-refractivity contribution in [1.82, 2.24) is 0 Å². The van der Waals surface area contributed by atoms with Crippen LogP contribution < -0.4 is 0 Å². The van der Waals surface area contributed by atoms with E-state index in [2.05, 4.69) is 29.9 Å². The van der Waals surface area contributed by atoms with Crippen molar-refractivity contribution < 1.29 is 14.6 Å². The van der Waals surface area contributed by atoms with Crippen LogP contribution in [0.1, 0.15) is 51.9 Å². The van der Waals surface area contributed by atoms with Crippen molar-refractivity contribution in [2.75, 3.05) is 7.11 Å². The van der Waals surface area contributed by atoms with Crippen LogP contribution in [-0.4, -0.2) is 24.3 Å². The SMILES string of the molecule is CCCCC/C=C\C/C=C\C[C@@H](O)/C=C/C=C\C/C=C\C(=O)OC. The van der Waals surface area contributed by atoms with Gasteiger partial charge in [-0.3, -0.25) is 0 Å². The smallest absolute Gasteiger partial charge is 0.330 e. The minimum atomic E-state index is -0.468. The Kier molecular flexibility index (Phi) is 16.1. The third-order valence-electron chi connectivity index (χ3n) is 3.27. The second-order valence-corrected chi connectivity index (χ2v) is 5.45. The van der Waals surface area contributed by atoms with Crippen molar-refractivity contribution >= 4 is 5.97 Å². The van der Waals surface area contributed by atoms with Gasteiger partial charge in [0.05, 0.1) is 13.2 Å². The molecule has 0 unspecified atom stereocenters. The fourth-order valence-electron chi connectivity index (χ4n) is 1.88. The molecule has 24 heavy (non-hydrogen) atoms. The van der Waals surface area contributed by atoms with E-state index < -0.39 is 6.10 Å². The molecule has 0 spiro atoms. The Balaban J connectivity index is 3.73. The highest BCUT2D eigenvalue weighted by Crippen LogP contribution is 2.01. The van der Waals surface area contributed by atoms with Crippen molar-refractivity contribution in [1.29, 1.82) is 0 Å². The van der Waals surface area contributed by atoms with Crippen molar-refractivity contribution in [2.45, 2.75) is 58.0 Å². The zero-order chi connectivity index (χ0) is 17.9. The minimum absolute atomic E-state index is 0.350. The van der Waals surface area contributed by atoms with Crippen LogP contribution in [0.15, 0.2) is 60.8 Å². The van der Waals surface area contributed by atoms with Crippen LogP contribution in [0.3, 0.4) is 0 Å². The molecule has 0 heterocycles. The molecule has 1 N–H and O–H groups in total. The maximum absolute atomic E-state index is 10.8. The first kappa shape index (κ1) is 22.1. The summed E-state index contributed by atoms with van der Waals surface area (Å²) in [4.78, 5) is 10.8. The number of aliphatic hydroxyl groups is 1. The number of methoxy groups -OCH3 is 1. The van der Waals surface area contributed by atoms with Crippen molar-refractivity contribution in [3.05, 3.63) is 60.8 Å². The number of rotatable bonds is 13. The second-order valence-electron chi connectivity index (χ2n) is 5.45. The summed E-state index contributed by atoms with van der Waals surface area (Å²) in [6, 6.07) is 0. The van der Waals surface area contributed by atoms with Gasteiger partial charge in [0.25, 0.3) is 0 Å². The summed E-state index contributed by atoms with van der Waals surface area (Å²) in [5.41, 5.74) is 0. The van der Waals surface area contributed by atoms with Crippen molar-refractivity contribution in [3.8, 4) is 0 Å². The minimum Gasteiger partial charge on any atom is -0.466 e. The largest absolute Gasteiger partial charge is 0.466 e. The van der Waals surface area contributed by atoms with Gasteiger partial charge in [0.1, 0.15) is 0 Å². The lowest BCUT2D eigenvalue weighted by molar-refractivity contribution is -0.134. The van der Waals surface area contributed by atoms with Crippen molar-refractivity contribution in [3.63, 3.8) is 0 Å². The molecule has 0 rings (SSSR count). The third-order valence-corrected chi connectivity index (χ3v) is 3.27. The summed E-state index contributed by atoms with van der Waals surface area (Å²) in [6.07, 6.45) is 25.7. The molecule has 0 aromatic carbocycles. The van der Waals surface area contributed by atoms with E-state index in [0.717, 1.165) is 12.8 Å². The van der Waals surface area contributed by atoms with Crippen LogP contribution in [0.2, 0.25) is 0 Å². The average molecular weight is 332 g/mol. The molecule has 0 saturated heterocycles. The van der Waals surface area contributed by atoms with Gasteiger partial charge in [-0.2, -0.15) is 0 Å². The Bertz CT molecular complexity index is 442. The Labute approximate surface area is 147 Å². The van der Waals surface area contributed by atoms with E-state index in [1.807, 2.05) is 24.3 Å². The molecular weight excluding hydrogens is 300 g/mol. The molecule has 0 aliphatic rings. The maximum atomic E-state index is 10.8. The van der Waals surface area contributed by atoms with Gasteiger partial charge >= 0.3 is 5.97 Å². The Morgan fingerprint density at radius 1 is 1.00 bits per heavy atom. The van der Waals surface area contributed by atoms with Crippen LogP contribution in [0.4, 0.5) is 0 Å². The number of carbonyl (C=O) groups excluding carboxylic acids is 1. The van der Waals surface area contributed by atoms with Gasteiger partial charge in [-0.05, 0) is 32.1 Å². The molecular formula is C21H32O3. The highest BCUT2D eigenvalue weighted by molar-refractivity contribution is 5.81. The lowest BCUT2D eigenvalue weighted by Gasteiger charge is -1.98. The van der Waals surface area contributed by atoms with Crippen LogP contribution in [-0.2, 0) is 9.53 Å². The summed E-state index contributed by atoms with van der Waals surface area (Å²) in [7, 11) is 1.35. The predicted octanol–water partition coefficient (Wildman–Crippen LogP) is 5.05. The van der Waals surface area contributed by atoms with Gasteiger partial charge in [-0.15, -0.1) is 0 Å². The molecule has 0 aromatic rings. The van der Waals surface area contributed by atoms with Crippen molar-refractivity contribution in [2.24, 2.45) is 0 Å². The monoisotopic (exact) mass is 332 g/mol. The van der Waals surface area contributed by atoms with E-state index >= 15 is 0 Å². The molecule has 3 nitrogen and oxygen atoms in total. The maximum Gasteiger partial charge on any atom is 0.330 e. The zero-order valence-electron chi connectivity index (χ0n) is 15.1. The number of carbonyl (C=O) groups is 1. The van der Waals surface area contributed by atoms with E-state index in [4.69, 9.17) is 0 Å². The number of hydrogen-bond donors (Lipinski definition) is 1. The van der Waals surface area contributed by atoms with Gasteiger partial charge in [0.2, 0.25) is 0 Å². The summed E-state index contributed by atoms with van der Waals surface area (Å²) >= 11 is 0. The number of unbranched alkanes of at least 4 members (excludes halogenated alkanes) is 3. The number of allylic oxidation sites excluding steroid dienone is 7. The van der Waals surface area contributed by atoms with E-state index in [-0.39, 0.29) is 5.97 Å². The molecule has 0 aliphatic carbocycles. The Hall–Kier alpha value is -1.87. The highest BCUT2D eigenvalue weighted by atomic mass is 16.5. The average Bonchev–Trinajstić information content (AvgIpc) is 2.59. The summed E-state index contributed by atoms with van der Waals surface area (Å²) in [5, 5.41) is 9.79. The first-order chi connectivity index (χ1) is 11.7.